The molecule has 6 nitrogen and oxygen atoms in total. The maximum absolute atomic E-state index is 12.6. The van der Waals surface area contributed by atoms with Gasteiger partial charge < -0.3 is 5.11 Å². The molecule has 1 saturated carbocycles. The second-order valence-corrected chi connectivity index (χ2v) is 8.54. The molecule has 2 N–H and O–H groups in total. The Morgan fingerprint density at radius 3 is 2.58 bits per heavy atom. The minimum atomic E-state index is -3.63. The lowest BCUT2D eigenvalue weighted by Gasteiger charge is -2.23. The third-order valence-corrected chi connectivity index (χ3v) is 6.64. The standard InChI is InChI=1S/C17H24N2O4S/c1-12-10-15(6-7-16(12)17(20)21)24(22,23)18-13-8-9-19(11-13)14-4-2-3-5-14/h6-7,10,13-14,18H,2-5,8-9,11H2,1H3,(H,20,21). The van der Waals surface area contributed by atoms with E-state index in [2.05, 4.69) is 9.62 Å². The number of likely N-dealkylation sites (tertiary alicyclic amines) is 1. The van der Waals surface area contributed by atoms with Crippen molar-refractivity contribution in [2.24, 2.45) is 0 Å². The van der Waals surface area contributed by atoms with Gasteiger partial charge in [0.25, 0.3) is 0 Å². The molecule has 132 valence electrons. The first-order chi connectivity index (χ1) is 11.4. The van der Waals surface area contributed by atoms with E-state index >= 15 is 0 Å². The normalized spacial score (nSPS) is 23.0. The molecule has 24 heavy (non-hydrogen) atoms. The number of hydrogen-bond donors (Lipinski definition) is 2. The van der Waals surface area contributed by atoms with Gasteiger partial charge in [0.1, 0.15) is 0 Å². The molecule has 1 aliphatic heterocycles. The number of carbonyl (C=O) groups is 1. The number of aryl methyl sites for hydroxylation is 1. The van der Waals surface area contributed by atoms with Gasteiger partial charge >= 0.3 is 5.97 Å². The van der Waals surface area contributed by atoms with E-state index in [1.165, 1.54) is 43.9 Å². The second kappa shape index (κ2) is 6.82. The van der Waals surface area contributed by atoms with Crippen molar-refractivity contribution in [1.82, 2.24) is 9.62 Å². The SMILES string of the molecule is Cc1cc(S(=O)(=O)NC2CCN(C3CCCC3)C2)ccc1C(=O)O. The summed E-state index contributed by atoms with van der Waals surface area (Å²) >= 11 is 0. The van der Waals surface area contributed by atoms with E-state index in [9.17, 15) is 13.2 Å². The van der Waals surface area contributed by atoms with Crippen molar-refractivity contribution in [2.75, 3.05) is 13.1 Å². The van der Waals surface area contributed by atoms with Gasteiger partial charge in [-0.2, -0.15) is 0 Å². The molecule has 0 bridgehead atoms. The highest BCUT2D eigenvalue weighted by Gasteiger charge is 2.32. The molecule has 0 amide bonds. The molecule has 1 saturated heterocycles. The topological polar surface area (TPSA) is 86.7 Å². The molecule has 1 atom stereocenters. The predicted molar refractivity (Wildman–Crippen MR) is 90.7 cm³/mol. The van der Waals surface area contributed by atoms with Crippen molar-refractivity contribution >= 4 is 16.0 Å². The van der Waals surface area contributed by atoms with Gasteiger partial charge in [0.05, 0.1) is 10.5 Å². The van der Waals surface area contributed by atoms with Crippen molar-refractivity contribution in [3.05, 3.63) is 29.3 Å². The first-order valence-corrected chi connectivity index (χ1v) is 9.95. The zero-order chi connectivity index (χ0) is 17.3. The maximum atomic E-state index is 12.6. The number of rotatable bonds is 5. The van der Waals surface area contributed by atoms with E-state index in [0.717, 1.165) is 19.5 Å². The summed E-state index contributed by atoms with van der Waals surface area (Å²) in [5, 5.41) is 9.05. The third kappa shape index (κ3) is 3.63. The highest BCUT2D eigenvalue weighted by Crippen LogP contribution is 2.27. The summed E-state index contributed by atoms with van der Waals surface area (Å²) in [7, 11) is -3.63. The number of hydrogen-bond acceptors (Lipinski definition) is 4. The highest BCUT2D eigenvalue weighted by atomic mass is 32.2. The van der Waals surface area contributed by atoms with Crippen molar-refractivity contribution in [3.8, 4) is 0 Å². The molecule has 1 heterocycles. The lowest BCUT2D eigenvalue weighted by atomic mass is 10.1. The molecule has 7 heteroatoms. The minimum Gasteiger partial charge on any atom is -0.478 e. The first kappa shape index (κ1) is 17.4. The van der Waals surface area contributed by atoms with Crippen LogP contribution in [0.1, 0.15) is 48.0 Å². The molecular weight excluding hydrogens is 328 g/mol. The van der Waals surface area contributed by atoms with E-state index in [4.69, 9.17) is 5.11 Å². The first-order valence-electron chi connectivity index (χ1n) is 8.47. The average Bonchev–Trinajstić information content (AvgIpc) is 3.17. The zero-order valence-corrected chi connectivity index (χ0v) is 14.7. The fourth-order valence-corrected chi connectivity index (χ4v) is 5.16. The molecule has 1 aromatic carbocycles. The van der Waals surface area contributed by atoms with Gasteiger partial charge in [-0.25, -0.2) is 17.9 Å². The summed E-state index contributed by atoms with van der Waals surface area (Å²) in [5.41, 5.74) is 0.576. The maximum Gasteiger partial charge on any atom is 0.335 e. The molecule has 1 aliphatic carbocycles. The molecule has 3 rings (SSSR count). The van der Waals surface area contributed by atoms with Gasteiger partial charge in [-0.1, -0.05) is 12.8 Å². The molecule has 1 aromatic rings. The Kier molecular flexibility index (Phi) is 4.94. The van der Waals surface area contributed by atoms with Crippen LogP contribution in [-0.2, 0) is 10.0 Å². The Bertz CT molecular complexity index is 726. The van der Waals surface area contributed by atoms with E-state index in [0.29, 0.717) is 11.6 Å². The van der Waals surface area contributed by atoms with E-state index in [1.807, 2.05) is 0 Å². The predicted octanol–water partition coefficient (Wildman–Crippen LogP) is 1.99. The summed E-state index contributed by atoms with van der Waals surface area (Å²) in [6, 6.07) is 4.68. The van der Waals surface area contributed by atoms with Crippen molar-refractivity contribution < 1.29 is 18.3 Å². The van der Waals surface area contributed by atoms with E-state index in [-0.39, 0.29) is 16.5 Å². The van der Waals surface area contributed by atoms with Crippen LogP contribution in [0, 0.1) is 6.92 Å². The molecule has 0 radical (unpaired) electrons. The van der Waals surface area contributed by atoms with E-state index < -0.39 is 16.0 Å². The summed E-state index contributed by atoms with van der Waals surface area (Å²) in [5.74, 6) is -1.05. The van der Waals surface area contributed by atoms with Crippen LogP contribution in [0.3, 0.4) is 0 Å². The number of benzene rings is 1. The van der Waals surface area contributed by atoms with Gasteiger partial charge in [0.2, 0.25) is 10.0 Å². The van der Waals surface area contributed by atoms with Crippen LogP contribution in [-0.4, -0.2) is 49.6 Å². The minimum absolute atomic E-state index is 0.0740. The molecular formula is C17H24N2O4S. The molecule has 2 fully saturated rings. The fraction of sp³-hybridized carbons (Fsp3) is 0.588. The highest BCUT2D eigenvalue weighted by molar-refractivity contribution is 7.89. The average molecular weight is 352 g/mol. The molecule has 2 aliphatic rings. The third-order valence-electron chi connectivity index (χ3n) is 5.12. The summed E-state index contributed by atoms with van der Waals surface area (Å²) in [6.07, 6.45) is 5.80. The van der Waals surface area contributed by atoms with Gasteiger partial charge in [-0.15, -0.1) is 0 Å². The van der Waals surface area contributed by atoms with Crippen LogP contribution < -0.4 is 4.72 Å². The Labute approximate surface area is 142 Å². The van der Waals surface area contributed by atoms with Crippen LogP contribution in [0.25, 0.3) is 0 Å². The van der Waals surface area contributed by atoms with Gasteiger partial charge in [-0.3, -0.25) is 4.90 Å². The zero-order valence-electron chi connectivity index (χ0n) is 13.9. The Balaban J connectivity index is 1.68. The number of aromatic carboxylic acids is 1. The number of nitrogens with zero attached hydrogens (tertiary/aromatic N) is 1. The van der Waals surface area contributed by atoms with Crippen molar-refractivity contribution in [2.45, 2.75) is 56.0 Å². The van der Waals surface area contributed by atoms with Crippen molar-refractivity contribution in [3.63, 3.8) is 0 Å². The Hall–Kier alpha value is -1.44. The number of carboxylic acids is 1. The monoisotopic (exact) mass is 352 g/mol. The lowest BCUT2D eigenvalue weighted by Crippen LogP contribution is -2.39. The van der Waals surface area contributed by atoms with Gasteiger partial charge in [0.15, 0.2) is 0 Å². The fourth-order valence-electron chi connectivity index (χ4n) is 3.82. The van der Waals surface area contributed by atoms with Crippen molar-refractivity contribution in [1.29, 1.82) is 0 Å². The lowest BCUT2D eigenvalue weighted by molar-refractivity contribution is 0.0696. The van der Waals surface area contributed by atoms with Crippen LogP contribution in [0.5, 0.6) is 0 Å². The van der Waals surface area contributed by atoms with Gasteiger partial charge in [0, 0.05) is 25.2 Å². The quantitative estimate of drug-likeness (QED) is 0.846. The smallest absolute Gasteiger partial charge is 0.335 e. The van der Waals surface area contributed by atoms with Crippen LogP contribution in [0.15, 0.2) is 23.1 Å². The van der Waals surface area contributed by atoms with Crippen LogP contribution in [0.2, 0.25) is 0 Å². The molecule has 0 aromatic heterocycles. The molecule has 0 spiro atoms. The number of carboxylic acid groups (broad SMARTS) is 1. The summed E-state index contributed by atoms with van der Waals surface area (Å²) in [4.78, 5) is 13.6. The summed E-state index contributed by atoms with van der Waals surface area (Å²) < 4.78 is 27.9. The largest absolute Gasteiger partial charge is 0.478 e. The number of nitrogens with one attached hydrogen (secondary N) is 1. The van der Waals surface area contributed by atoms with Gasteiger partial charge in [-0.05, 0) is 49.9 Å². The second-order valence-electron chi connectivity index (χ2n) is 6.82. The van der Waals surface area contributed by atoms with E-state index in [1.54, 1.807) is 6.92 Å². The number of sulfonamides is 1. The summed E-state index contributed by atoms with van der Waals surface area (Å²) in [6.45, 7) is 3.31. The Morgan fingerprint density at radius 2 is 1.96 bits per heavy atom. The molecule has 1 unspecified atom stereocenters. The van der Waals surface area contributed by atoms with Crippen LogP contribution in [0.4, 0.5) is 0 Å². The Morgan fingerprint density at radius 1 is 1.25 bits per heavy atom. The van der Waals surface area contributed by atoms with Crippen LogP contribution >= 0.6 is 0 Å².